The minimum absolute atomic E-state index is 0.121. The van der Waals surface area contributed by atoms with Crippen LogP contribution < -0.4 is 16.4 Å². The van der Waals surface area contributed by atoms with Crippen molar-refractivity contribution >= 4 is 33.7 Å². The summed E-state index contributed by atoms with van der Waals surface area (Å²) in [6, 6.07) is 0. The van der Waals surface area contributed by atoms with E-state index in [-0.39, 0.29) is 11.5 Å². The molecular formula is C14H21N3O2S. The Hall–Kier alpha value is -1.56. The van der Waals surface area contributed by atoms with Crippen LogP contribution in [0.1, 0.15) is 53.1 Å². The van der Waals surface area contributed by atoms with Gasteiger partial charge in [0.15, 0.2) is 5.78 Å². The van der Waals surface area contributed by atoms with E-state index < -0.39 is 5.91 Å². The smallest absolute Gasteiger partial charge is 0.253 e. The van der Waals surface area contributed by atoms with Crippen LogP contribution in [0.25, 0.3) is 0 Å². The van der Waals surface area contributed by atoms with Gasteiger partial charge in [-0.1, -0.05) is 13.3 Å². The van der Waals surface area contributed by atoms with Crippen LogP contribution in [-0.4, -0.2) is 24.8 Å². The number of ketones is 1. The van der Waals surface area contributed by atoms with E-state index in [1.807, 2.05) is 0 Å². The third-order valence-corrected chi connectivity index (χ3v) is 5.34. The Bertz CT molecular complexity index is 531. The molecule has 110 valence electrons. The van der Waals surface area contributed by atoms with Crippen molar-refractivity contribution in [2.75, 3.05) is 23.7 Å². The second-order valence-corrected chi connectivity index (χ2v) is 6.28. The first kappa shape index (κ1) is 14.8. The van der Waals surface area contributed by atoms with Gasteiger partial charge in [-0.05, 0) is 18.8 Å². The number of primary amides is 1. The lowest BCUT2D eigenvalue weighted by molar-refractivity contribution is 0.100. The van der Waals surface area contributed by atoms with Gasteiger partial charge >= 0.3 is 0 Å². The van der Waals surface area contributed by atoms with E-state index in [0.717, 1.165) is 36.9 Å². The van der Waals surface area contributed by atoms with Gasteiger partial charge in [-0.25, -0.2) is 0 Å². The van der Waals surface area contributed by atoms with Crippen molar-refractivity contribution in [2.24, 2.45) is 11.7 Å². The largest absolute Gasteiger partial charge is 0.397 e. The normalized spacial score (nSPS) is 16.4. The van der Waals surface area contributed by atoms with Crippen LogP contribution in [0.4, 0.5) is 10.7 Å². The number of nitrogen functional groups attached to an aromatic ring is 1. The Balaban J connectivity index is 2.34. The summed E-state index contributed by atoms with van der Waals surface area (Å²) in [4.78, 5) is 25.8. The Morgan fingerprint density at radius 1 is 1.35 bits per heavy atom. The predicted molar refractivity (Wildman–Crippen MR) is 82.5 cm³/mol. The highest BCUT2D eigenvalue weighted by molar-refractivity contribution is 7.19. The number of nitrogens with zero attached hydrogens (tertiary/aromatic N) is 1. The number of hydrogen-bond donors (Lipinski definition) is 2. The molecule has 4 N–H and O–H groups in total. The van der Waals surface area contributed by atoms with Gasteiger partial charge in [0.05, 0.1) is 16.1 Å². The molecule has 1 aliphatic rings. The maximum Gasteiger partial charge on any atom is 0.253 e. The second-order valence-electron chi connectivity index (χ2n) is 5.28. The molecule has 0 unspecified atom stereocenters. The molecule has 0 saturated carbocycles. The van der Waals surface area contributed by atoms with Crippen molar-refractivity contribution in [3.05, 3.63) is 10.4 Å². The van der Waals surface area contributed by atoms with Crippen LogP contribution >= 0.6 is 11.3 Å². The van der Waals surface area contributed by atoms with E-state index in [9.17, 15) is 9.59 Å². The maximum atomic E-state index is 11.7. The van der Waals surface area contributed by atoms with E-state index in [2.05, 4.69) is 11.8 Å². The van der Waals surface area contributed by atoms with Crippen molar-refractivity contribution in [1.82, 2.24) is 0 Å². The number of anilines is 2. The molecule has 1 fully saturated rings. The fourth-order valence-electron chi connectivity index (χ4n) is 2.70. The summed E-state index contributed by atoms with van der Waals surface area (Å²) in [5.41, 5.74) is 11.9. The van der Waals surface area contributed by atoms with Crippen LogP contribution in [0, 0.1) is 5.92 Å². The molecule has 2 rings (SSSR count). The van der Waals surface area contributed by atoms with E-state index in [1.165, 1.54) is 24.7 Å². The fraction of sp³-hybridized carbons (Fsp3) is 0.571. The molecule has 6 heteroatoms. The van der Waals surface area contributed by atoms with Gasteiger partial charge in [0.25, 0.3) is 5.91 Å². The quantitative estimate of drug-likeness (QED) is 0.834. The molecule has 20 heavy (non-hydrogen) atoms. The second kappa shape index (κ2) is 5.83. The summed E-state index contributed by atoms with van der Waals surface area (Å²) >= 11 is 1.29. The lowest BCUT2D eigenvalue weighted by atomic mass is 9.94. The molecule has 0 aliphatic carbocycles. The number of piperidine rings is 1. The number of hydrogen-bond acceptors (Lipinski definition) is 5. The summed E-state index contributed by atoms with van der Waals surface area (Å²) in [6.45, 7) is 5.43. The Labute approximate surface area is 122 Å². The first-order valence-corrected chi connectivity index (χ1v) is 7.75. The van der Waals surface area contributed by atoms with E-state index in [0.29, 0.717) is 10.4 Å². The van der Waals surface area contributed by atoms with Gasteiger partial charge in [0.1, 0.15) is 5.00 Å². The highest BCUT2D eigenvalue weighted by atomic mass is 32.1. The van der Waals surface area contributed by atoms with Gasteiger partial charge in [-0.3, -0.25) is 9.59 Å². The molecule has 2 heterocycles. The summed E-state index contributed by atoms with van der Waals surface area (Å²) in [5.74, 6) is 0.0661. The third kappa shape index (κ3) is 2.65. The third-order valence-electron chi connectivity index (χ3n) is 3.97. The Morgan fingerprint density at radius 3 is 2.40 bits per heavy atom. The molecule has 0 atom stereocenters. The van der Waals surface area contributed by atoms with Gasteiger partial charge in [-0.2, -0.15) is 0 Å². The summed E-state index contributed by atoms with van der Waals surface area (Å²) in [7, 11) is 0. The molecule has 1 aliphatic heterocycles. The standard InChI is InChI=1S/C14H21N3O2S/c1-3-9-4-6-17(7-5-9)14-10(13(16)19)11(15)12(20-14)8(2)18/h9H,3-7,15H2,1-2H3,(H2,16,19). The van der Waals surface area contributed by atoms with Crippen LogP contribution in [0.3, 0.4) is 0 Å². The Kier molecular flexibility index (Phi) is 4.32. The van der Waals surface area contributed by atoms with Gasteiger partial charge in [0.2, 0.25) is 0 Å². The molecule has 5 nitrogen and oxygen atoms in total. The van der Waals surface area contributed by atoms with Crippen molar-refractivity contribution in [3.8, 4) is 0 Å². The number of carbonyl (C=O) groups excluding carboxylic acids is 2. The number of nitrogens with two attached hydrogens (primary N) is 2. The van der Waals surface area contributed by atoms with E-state index >= 15 is 0 Å². The molecule has 0 bridgehead atoms. The van der Waals surface area contributed by atoms with Gasteiger partial charge in [0, 0.05) is 20.0 Å². The molecule has 1 amide bonds. The zero-order chi connectivity index (χ0) is 14.9. The van der Waals surface area contributed by atoms with Crippen LogP contribution in [-0.2, 0) is 0 Å². The predicted octanol–water partition coefficient (Wildman–Crippen LogP) is 2.26. The minimum Gasteiger partial charge on any atom is -0.397 e. The average molecular weight is 295 g/mol. The zero-order valence-corrected chi connectivity index (χ0v) is 12.8. The van der Waals surface area contributed by atoms with Gasteiger partial charge in [-0.15, -0.1) is 11.3 Å². The van der Waals surface area contributed by atoms with Crippen molar-refractivity contribution in [3.63, 3.8) is 0 Å². The van der Waals surface area contributed by atoms with Crippen LogP contribution in [0.5, 0.6) is 0 Å². The fourth-order valence-corrected chi connectivity index (χ4v) is 3.87. The van der Waals surface area contributed by atoms with Crippen molar-refractivity contribution in [1.29, 1.82) is 0 Å². The molecule has 1 saturated heterocycles. The number of Topliss-reactive ketones (excluding diaryl/α,β-unsaturated/α-hetero) is 1. The maximum absolute atomic E-state index is 11.7. The molecule has 1 aromatic heterocycles. The zero-order valence-electron chi connectivity index (χ0n) is 11.9. The molecule has 0 aromatic carbocycles. The van der Waals surface area contributed by atoms with E-state index in [1.54, 1.807) is 0 Å². The average Bonchev–Trinajstić information content (AvgIpc) is 2.76. The van der Waals surface area contributed by atoms with E-state index in [4.69, 9.17) is 11.5 Å². The highest BCUT2D eigenvalue weighted by Gasteiger charge is 2.28. The van der Waals surface area contributed by atoms with Gasteiger partial charge < -0.3 is 16.4 Å². The number of rotatable bonds is 4. The molecule has 0 spiro atoms. The molecule has 0 radical (unpaired) electrons. The minimum atomic E-state index is -0.557. The number of amides is 1. The first-order chi connectivity index (χ1) is 9.45. The monoisotopic (exact) mass is 295 g/mol. The molecule has 1 aromatic rings. The van der Waals surface area contributed by atoms with Crippen LogP contribution in [0.15, 0.2) is 0 Å². The van der Waals surface area contributed by atoms with Crippen molar-refractivity contribution in [2.45, 2.75) is 33.1 Å². The summed E-state index contributed by atoms with van der Waals surface area (Å²) < 4.78 is 0. The summed E-state index contributed by atoms with van der Waals surface area (Å²) in [6.07, 6.45) is 3.38. The lowest BCUT2D eigenvalue weighted by Crippen LogP contribution is -2.34. The van der Waals surface area contributed by atoms with Crippen LogP contribution in [0.2, 0.25) is 0 Å². The SMILES string of the molecule is CCC1CCN(c2sc(C(C)=O)c(N)c2C(N)=O)CC1. The topological polar surface area (TPSA) is 89.4 Å². The lowest BCUT2D eigenvalue weighted by Gasteiger charge is -2.32. The molecular weight excluding hydrogens is 274 g/mol. The number of carbonyl (C=O) groups is 2. The first-order valence-electron chi connectivity index (χ1n) is 6.93. The summed E-state index contributed by atoms with van der Waals surface area (Å²) in [5, 5.41) is 0.759. The number of thiophene rings is 1. The Morgan fingerprint density at radius 2 is 1.95 bits per heavy atom. The van der Waals surface area contributed by atoms with Crippen molar-refractivity contribution < 1.29 is 9.59 Å². The highest BCUT2D eigenvalue weighted by Crippen LogP contribution is 2.40.